The van der Waals surface area contributed by atoms with Gasteiger partial charge in [0.05, 0.1) is 0 Å². The van der Waals surface area contributed by atoms with Crippen molar-refractivity contribution >= 4 is 11.8 Å². The zero-order valence-electron chi connectivity index (χ0n) is 11.6. The first kappa shape index (κ1) is 13.9. The number of hydrogen-bond donors (Lipinski definition) is 1. The van der Waals surface area contributed by atoms with E-state index in [-0.39, 0.29) is 6.04 Å². The smallest absolute Gasteiger partial charge is 0.0424 e. The van der Waals surface area contributed by atoms with Crippen molar-refractivity contribution < 1.29 is 0 Å². The Hall–Kier alpha value is -0.510. The van der Waals surface area contributed by atoms with Gasteiger partial charge in [-0.2, -0.15) is 11.8 Å². The number of hydrogen-bond acceptors (Lipinski definition) is 3. The van der Waals surface area contributed by atoms with Crippen molar-refractivity contribution in [1.82, 2.24) is 4.90 Å². The molecule has 3 heteroatoms. The Bertz CT molecular complexity index is 386. The van der Waals surface area contributed by atoms with Gasteiger partial charge in [0.2, 0.25) is 0 Å². The molecule has 2 nitrogen and oxygen atoms in total. The van der Waals surface area contributed by atoms with E-state index in [0.717, 1.165) is 19.6 Å². The summed E-state index contributed by atoms with van der Waals surface area (Å²) in [6.45, 7) is 10.0. The third-order valence-electron chi connectivity index (χ3n) is 3.47. The molecule has 0 radical (unpaired) electrons. The molecule has 18 heavy (non-hydrogen) atoms. The lowest BCUT2D eigenvalue weighted by Crippen LogP contribution is -2.45. The second-order valence-electron chi connectivity index (χ2n) is 5.86. The van der Waals surface area contributed by atoms with E-state index in [1.165, 1.54) is 16.9 Å². The first-order chi connectivity index (χ1) is 8.46. The molecule has 1 atom stereocenters. The Morgan fingerprint density at radius 3 is 2.61 bits per heavy atom. The predicted octanol–water partition coefficient (Wildman–Crippen LogP) is 2.82. The van der Waals surface area contributed by atoms with Crippen LogP contribution in [0.25, 0.3) is 0 Å². The highest BCUT2D eigenvalue weighted by molar-refractivity contribution is 8.00. The summed E-state index contributed by atoms with van der Waals surface area (Å²) in [6.07, 6.45) is 0. The molecular weight excluding hydrogens is 240 g/mol. The molecule has 100 valence electrons. The van der Waals surface area contributed by atoms with Gasteiger partial charge in [0, 0.05) is 36.2 Å². The van der Waals surface area contributed by atoms with Crippen LogP contribution in [0.4, 0.5) is 0 Å². The Morgan fingerprint density at radius 1 is 1.33 bits per heavy atom. The van der Waals surface area contributed by atoms with E-state index in [1.54, 1.807) is 0 Å². The second kappa shape index (κ2) is 5.64. The number of rotatable bonds is 3. The minimum atomic E-state index is 0.129. The Balaban J connectivity index is 1.94. The van der Waals surface area contributed by atoms with Gasteiger partial charge in [-0.25, -0.2) is 0 Å². The molecule has 0 saturated carbocycles. The molecule has 2 N–H and O–H groups in total. The molecule has 0 spiro atoms. The van der Waals surface area contributed by atoms with Crippen LogP contribution in [0.3, 0.4) is 0 Å². The van der Waals surface area contributed by atoms with Gasteiger partial charge in [-0.05, 0) is 26.3 Å². The topological polar surface area (TPSA) is 29.3 Å². The zero-order chi connectivity index (χ0) is 13.2. The van der Waals surface area contributed by atoms with Gasteiger partial charge in [-0.1, -0.05) is 29.8 Å². The van der Waals surface area contributed by atoms with Crippen LogP contribution in [0.5, 0.6) is 0 Å². The minimum absolute atomic E-state index is 0.129. The molecule has 1 aromatic rings. The van der Waals surface area contributed by atoms with Crippen LogP contribution in [0.15, 0.2) is 24.3 Å². The van der Waals surface area contributed by atoms with Crippen molar-refractivity contribution in [2.75, 3.05) is 25.4 Å². The van der Waals surface area contributed by atoms with Crippen LogP contribution in [-0.4, -0.2) is 35.0 Å². The van der Waals surface area contributed by atoms with Gasteiger partial charge >= 0.3 is 0 Å². The van der Waals surface area contributed by atoms with Crippen LogP contribution in [0.2, 0.25) is 0 Å². The van der Waals surface area contributed by atoms with E-state index in [0.29, 0.717) is 4.75 Å². The van der Waals surface area contributed by atoms with Gasteiger partial charge in [0.15, 0.2) is 0 Å². The molecule has 1 aromatic carbocycles. The van der Waals surface area contributed by atoms with E-state index in [1.807, 2.05) is 0 Å². The maximum atomic E-state index is 6.32. The molecule has 2 rings (SSSR count). The quantitative estimate of drug-likeness (QED) is 0.910. The van der Waals surface area contributed by atoms with Crippen LogP contribution < -0.4 is 5.73 Å². The number of benzene rings is 1. The van der Waals surface area contributed by atoms with E-state index < -0.39 is 0 Å². The highest BCUT2D eigenvalue weighted by atomic mass is 32.2. The van der Waals surface area contributed by atoms with Crippen molar-refractivity contribution in [3.05, 3.63) is 35.4 Å². The number of aryl methyl sites for hydroxylation is 1. The number of nitrogens with two attached hydrogens (primary N) is 1. The maximum Gasteiger partial charge on any atom is 0.0424 e. The highest BCUT2D eigenvalue weighted by Crippen LogP contribution is 2.30. The summed E-state index contributed by atoms with van der Waals surface area (Å²) >= 11 is 2.07. The summed E-state index contributed by atoms with van der Waals surface area (Å²) < 4.78 is 0.366. The molecule has 1 saturated heterocycles. The monoisotopic (exact) mass is 264 g/mol. The van der Waals surface area contributed by atoms with Crippen LogP contribution in [0, 0.1) is 6.92 Å². The van der Waals surface area contributed by atoms with E-state index in [9.17, 15) is 0 Å². The van der Waals surface area contributed by atoms with Crippen LogP contribution in [-0.2, 0) is 0 Å². The molecule has 1 aliphatic rings. The Kier molecular flexibility index (Phi) is 4.36. The van der Waals surface area contributed by atoms with Crippen molar-refractivity contribution in [1.29, 1.82) is 0 Å². The average Bonchev–Trinajstić information content (AvgIpc) is 2.28. The Labute approximate surface area is 115 Å². The van der Waals surface area contributed by atoms with Gasteiger partial charge in [0.25, 0.3) is 0 Å². The van der Waals surface area contributed by atoms with Crippen molar-refractivity contribution in [3.8, 4) is 0 Å². The van der Waals surface area contributed by atoms with Crippen LogP contribution >= 0.6 is 11.8 Å². The number of thioether (sulfide) groups is 1. The van der Waals surface area contributed by atoms with Crippen molar-refractivity contribution in [2.24, 2.45) is 5.73 Å². The van der Waals surface area contributed by atoms with Gasteiger partial charge in [-0.15, -0.1) is 0 Å². The first-order valence-electron chi connectivity index (χ1n) is 6.65. The second-order valence-corrected chi connectivity index (χ2v) is 7.66. The molecule has 1 aliphatic heterocycles. The average molecular weight is 264 g/mol. The SMILES string of the molecule is Cc1ccc(C(N)CN2CCSC(C)(C)C2)cc1. The lowest BCUT2D eigenvalue weighted by molar-refractivity contribution is 0.246. The summed E-state index contributed by atoms with van der Waals surface area (Å²) in [6, 6.07) is 8.73. The summed E-state index contributed by atoms with van der Waals surface area (Å²) in [7, 11) is 0. The van der Waals surface area contributed by atoms with Crippen LogP contribution in [0.1, 0.15) is 31.0 Å². The molecule has 0 bridgehead atoms. The molecule has 1 unspecified atom stereocenters. The van der Waals surface area contributed by atoms with Crippen molar-refractivity contribution in [3.63, 3.8) is 0 Å². The summed E-state index contributed by atoms with van der Waals surface area (Å²) in [5.41, 5.74) is 8.86. The fourth-order valence-corrected chi connectivity index (χ4v) is 3.64. The molecule has 0 aliphatic carbocycles. The minimum Gasteiger partial charge on any atom is -0.323 e. The fraction of sp³-hybridized carbons (Fsp3) is 0.600. The fourth-order valence-electron chi connectivity index (χ4n) is 2.47. The van der Waals surface area contributed by atoms with Gasteiger partial charge in [-0.3, -0.25) is 4.90 Å². The van der Waals surface area contributed by atoms with E-state index in [4.69, 9.17) is 5.73 Å². The van der Waals surface area contributed by atoms with E-state index in [2.05, 4.69) is 61.7 Å². The highest BCUT2D eigenvalue weighted by Gasteiger charge is 2.27. The standard InChI is InChI=1S/C15H24N2S/c1-12-4-6-13(7-5-12)14(16)10-17-8-9-18-15(2,3)11-17/h4-7,14H,8-11,16H2,1-3H3. The van der Waals surface area contributed by atoms with Gasteiger partial charge < -0.3 is 5.73 Å². The molecule has 0 amide bonds. The largest absolute Gasteiger partial charge is 0.323 e. The van der Waals surface area contributed by atoms with Gasteiger partial charge in [0.1, 0.15) is 0 Å². The molecule has 1 heterocycles. The summed E-state index contributed by atoms with van der Waals surface area (Å²) in [5.74, 6) is 1.22. The summed E-state index contributed by atoms with van der Waals surface area (Å²) in [4.78, 5) is 2.50. The molecule has 1 fully saturated rings. The zero-order valence-corrected chi connectivity index (χ0v) is 12.5. The molecular formula is C15H24N2S. The lowest BCUT2D eigenvalue weighted by Gasteiger charge is -2.38. The summed E-state index contributed by atoms with van der Waals surface area (Å²) in [5, 5.41) is 0. The van der Waals surface area contributed by atoms with Crippen molar-refractivity contribution in [2.45, 2.75) is 31.6 Å². The third-order valence-corrected chi connectivity index (χ3v) is 4.76. The predicted molar refractivity (Wildman–Crippen MR) is 81.1 cm³/mol. The normalized spacial score (nSPS) is 21.8. The van der Waals surface area contributed by atoms with E-state index >= 15 is 0 Å². The maximum absolute atomic E-state index is 6.32. The third kappa shape index (κ3) is 3.74. The number of nitrogens with zero attached hydrogens (tertiary/aromatic N) is 1. The lowest BCUT2D eigenvalue weighted by atomic mass is 10.0. The first-order valence-corrected chi connectivity index (χ1v) is 7.63. The molecule has 0 aromatic heterocycles. The Morgan fingerprint density at radius 2 is 2.00 bits per heavy atom.